The number of nitrogens with one attached hydrogen (secondary N) is 1. The number of nitrogens with zero attached hydrogens (tertiary/aromatic N) is 1. The fourth-order valence-electron chi connectivity index (χ4n) is 2.26. The van der Waals surface area contributed by atoms with Gasteiger partial charge in [-0.05, 0) is 42.2 Å². The molecule has 0 radical (unpaired) electrons. The molecule has 2 aromatic carbocycles. The van der Waals surface area contributed by atoms with Gasteiger partial charge in [-0.2, -0.15) is 0 Å². The smallest absolute Gasteiger partial charge is 0.272 e. The molecule has 0 saturated carbocycles. The molecule has 23 heavy (non-hydrogen) atoms. The number of benzene rings is 2. The van der Waals surface area contributed by atoms with Gasteiger partial charge in [-0.3, -0.25) is 14.9 Å². The van der Waals surface area contributed by atoms with Gasteiger partial charge >= 0.3 is 0 Å². The quantitative estimate of drug-likeness (QED) is 0.672. The van der Waals surface area contributed by atoms with E-state index in [-0.39, 0.29) is 17.0 Å². The van der Waals surface area contributed by atoms with Crippen molar-refractivity contribution in [2.45, 2.75) is 33.1 Å². The predicted molar refractivity (Wildman–Crippen MR) is 90.9 cm³/mol. The Morgan fingerprint density at radius 3 is 2.17 bits per heavy atom. The lowest BCUT2D eigenvalue weighted by Gasteiger charge is -2.19. The highest BCUT2D eigenvalue weighted by molar-refractivity contribution is 6.04. The van der Waals surface area contributed by atoms with E-state index in [2.05, 4.69) is 26.1 Å². The summed E-state index contributed by atoms with van der Waals surface area (Å²) in [4.78, 5) is 22.6. The number of carbonyl (C=O) groups excluding carboxylic acids is 1. The zero-order valence-electron chi connectivity index (χ0n) is 13.7. The van der Waals surface area contributed by atoms with Gasteiger partial charge in [0.2, 0.25) is 0 Å². The molecule has 2 rings (SSSR count). The van der Waals surface area contributed by atoms with Crippen LogP contribution in [0.25, 0.3) is 0 Å². The molecule has 0 aliphatic carbocycles. The Labute approximate surface area is 135 Å². The Bertz CT molecular complexity index is 744. The Balaban J connectivity index is 2.16. The van der Waals surface area contributed by atoms with E-state index in [0.717, 1.165) is 5.56 Å². The first kappa shape index (κ1) is 16.7. The Hall–Kier alpha value is -2.69. The summed E-state index contributed by atoms with van der Waals surface area (Å²) in [6.07, 6.45) is 0. The van der Waals surface area contributed by atoms with Crippen molar-refractivity contribution in [1.82, 2.24) is 0 Å². The number of nitro groups is 1. The van der Waals surface area contributed by atoms with Crippen molar-refractivity contribution in [3.63, 3.8) is 0 Å². The summed E-state index contributed by atoms with van der Waals surface area (Å²) < 4.78 is 0. The summed E-state index contributed by atoms with van der Waals surface area (Å²) in [6.45, 7) is 7.98. The molecule has 0 saturated heterocycles. The van der Waals surface area contributed by atoms with Crippen molar-refractivity contribution in [1.29, 1.82) is 0 Å². The zero-order chi connectivity index (χ0) is 17.2. The Morgan fingerprint density at radius 2 is 1.70 bits per heavy atom. The van der Waals surface area contributed by atoms with Gasteiger partial charge in [0.1, 0.15) is 0 Å². The summed E-state index contributed by atoms with van der Waals surface area (Å²) in [5.41, 5.74) is 2.82. The van der Waals surface area contributed by atoms with Crippen molar-refractivity contribution in [3.8, 4) is 0 Å². The van der Waals surface area contributed by atoms with E-state index in [0.29, 0.717) is 16.8 Å². The van der Waals surface area contributed by atoms with Gasteiger partial charge in [-0.15, -0.1) is 0 Å². The molecule has 0 aliphatic rings. The maximum atomic E-state index is 12.3. The van der Waals surface area contributed by atoms with E-state index in [1.807, 2.05) is 12.1 Å². The molecular weight excluding hydrogens is 292 g/mol. The number of anilines is 1. The van der Waals surface area contributed by atoms with Crippen LogP contribution in [0.3, 0.4) is 0 Å². The molecule has 0 aromatic heterocycles. The normalized spacial score (nSPS) is 11.1. The second-order valence-corrected chi connectivity index (χ2v) is 6.54. The van der Waals surface area contributed by atoms with Gasteiger partial charge in [-0.1, -0.05) is 32.9 Å². The van der Waals surface area contributed by atoms with Crippen molar-refractivity contribution in [2.75, 3.05) is 5.32 Å². The summed E-state index contributed by atoms with van der Waals surface area (Å²) >= 11 is 0. The summed E-state index contributed by atoms with van der Waals surface area (Å²) in [5, 5.41) is 13.6. The highest BCUT2D eigenvalue weighted by Crippen LogP contribution is 2.24. The molecule has 120 valence electrons. The van der Waals surface area contributed by atoms with Crippen LogP contribution in [-0.2, 0) is 5.41 Å². The molecule has 0 fully saturated rings. The summed E-state index contributed by atoms with van der Waals surface area (Å²) in [7, 11) is 0. The molecule has 0 atom stereocenters. The van der Waals surface area contributed by atoms with E-state index in [9.17, 15) is 14.9 Å². The molecule has 0 bridgehead atoms. The third-order valence-corrected chi connectivity index (χ3v) is 3.66. The van der Waals surface area contributed by atoms with E-state index < -0.39 is 4.92 Å². The number of nitro benzene ring substituents is 1. The minimum Gasteiger partial charge on any atom is -0.322 e. The number of aryl methyl sites for hydroxylation is 1. The second-order valence-electron chi connectivity index (χ2n) is 6.54. The molecule has 2 aromatic rings. The highest BCUT2D eigenvalue weighted by atomic mass is 16.6. The van der Waals surface area contributed by atoms with Crippen LogP contribution in [0, 0.1) is 17.0 Å². The monoisotopic (exact) mass is 312 g/mol. The van der Waals surface area contributed by atoms with Crippen LogP contribution in [0.1, 0.15) is 42.3 Å². The van der Waals surface area contributed by atoms with Crippen LogP contribution in [0.4, 0.5) is 11.4 Å². The van der Waals surface area contributed by atoms with Crippen LogP contribution < -0.4 is 5.32 Å². The SMILES string of the molecule is Cc1cc(NC(=O)c2ccc(C(C)(C)C)cc2)ccc1[N+](=O)[O-]. The minimum absolute atomic E-state index is 0.0322. The second kappa shape index (κ2) is 6.20. The van der Waals surface area contributed by atoms with Crippen LogP contribution in [0.5, 0.6) is 0 Å². The van der Waals surface area contributed by atoms with Gasteiger partial charge in [0, 0.05) is 22.9 Å². The largest absolute Gasteiger partial charge is 0.322 e. The van der Waals surface area contributed by atoms with E-state index >= 15 is 0 Å². The lowest BCUT2D eigenvalue weighted by Crippen LogP contribution is -2.14. The molecule has 0 heterocycles. The van der Waals surface area contributed by atoms with Crippen LogP contribution in [0.15, 0.2) is 42.5 Å². The number of hydrogen-bond acceptors (Lipinski definition) is 3. The van der Waals surface area contributed by atoms with Crippen LogP contribution >= 0.6 is 0 Å². The first-order valence-electron chi connectivity index (χ1n) is 7.35. The highest BCUT2D eigenvalue weighted by Gasteiger charge is 2.15. The van der Waals surface area contributed by atoms with Crippen LogP contribution in [-0.4, -0.2) is 10.8 Å². The van der Waals surface area contributed by atoms with Crippen molar-refractivity contribution >= 4 is 17.3 Å². The number of rotatable bonds is 3. The fourth-order valence-corrected chi connectivity index (χ4v) is 2.26. The molecule has 5 heteroatoms. The van der Waals surface area contributed by atoms with Gasteiger partial charge in [0.15, 0.2) is 0 Å². The third kappa shape index (κ3) is 3.94. The predicted octanol–water partition coefficient (Wildman–Crippen LogP) is 4.45. The van der Waals surface area contributed by atoms with Crippen molar-refractivity contribution < 1.29 is 9.72 Å². The fraction of sp³-hybridized carbons (Fsp3) is 0.278. The van der Waals surface area contributed by atoms with Crippen LogP contribution in [0.2, 0.25) is 0 Å². The average Bonchev–Trinajstić information content (AvgIpc) is 2.46. The lowest BCUT2D eigenvalue weighted by atomic mass is 9.87. The van der Waals surface area contributed by atoms with E-state index in [4.69, 9.17) is 0 Å². The zero-order valence-corrected chi connectivity index (χ0v) is 13.7. The third-order valence-electron chi connectivity index (χ3n) is 3.66. The van der Waals surface area contributed by atoms with Gasteiger partial charge in [0.25, 0.3) is 11.6 Å². The standard InChI is InChI=1S/C18H20N2O3/c1-12-11-15(9-10-16(12)20(22)23)19-17(21)13-5-7-14(8-6-13)18(2,3)4/h5-11H,1-4H3,(H,19,21). The maximum Gasteiger partial charge on any atom is 0.272 e. The number of hydrogen-bond donors (Lipinski definition) is 1. The lowest BCUT2D eigenvalue weighted by molar-refractivity contribution is -0.385. The van der Waals surface area contributed by atoms with Gasteiger partial charge < -0.3 is 5.32 Å². The molecule has 0 spiro atoms. The average molecular weight is 312 g/mol. The minimum atomic E-state index is -0.438. The topological polar surface area (TPSA) is 72.2 Å². The number of amides is 1. The molecular formula is C18H20N2O3. The molecule has 0 aliphatic heterocycles. The molecule has 1 amide bonds. The maximum absolute atomic E-state index is 12.3. The summed E-state index contributed by atoms with van der Waals surface area (Å²) in [5.74, 6) is -0.237. The first-order valence-corrected chi connectivity index (χ1v) is 7.35. The molecule has 5 nitrogen and oxygen atoms in total. The Morgan fingerprint density at radius 1 is 1.09 bits per heavy atom. The number of carbonyl (C=O) groups is 1. The van der Waals surface area contributed by atoms with Crippen molar-refractivity contribution in [3.05, 3.63) is 69.3 Å². The van der Waals surface area contributed by atoms with Gasteiger partial charge in [0.05, 0.1) is 4.92 Å². The Kier molecular flexibility index (Phi) is 4.50. The van der Waals surface area contributed by atoms with E-state index in [1.165, 1.54) is 12.1 Å². The van der Waals surface area contributed by atoms with E-state index in [1.54, 1.807) is 25.1 Å². The summed E-state index contributed by atoms with van der Waals surface area (Å²) in [6, 6.07) is 12.0. The van der Waals surface area contributed by atoms with Crippen molar-refractivity contribution in [2.24, 2.45) is 0 Å². The molecule has 0 unspecified atom stereocenters. The first-order chi connectivity index (χ1) is 10.7. The van der Waals surface area contributed by atoms with Gasteiger partial charge in [-0.25, -0.2) is 0 Å². The molecule has 1 N–H and O–H groups in total.